The van der Waals surface area contributed by atoms with Crippen molar-refractivity contribution in [1.29, 1.82) is 0 Å². The SMILES string of the molecule is CC1=CC(=O)[C@]2(O)O[C@@H]3C[C@H]1C2(C)[C@H]1C(=O)OC[C@]13[C@@H](CC(=O)O)[C@@H](C)C(=O)O. The fraction of sp³-hybridized carbons (Fsp3) is 0.700. The van der Waals surface area contributed by atoms with Gasteiger partial charge < -0.3 is 24.8 Å². The Hall–Kier alpha value is -2.26. The van der Waals surface area contributed by atoms with Gasteiger partial charge in [0.15, 0.2) is 0 Å². The predicted molar refractivity (Wildman–Crippen MR) is 94.2 cm³/mol. The molecule has 9 nitrogen and oxygen atoms in total. The van der Waals surface area contributed by atoms with E-state index >= 15 is 0 Å². The molecule has 0 aromatic carbocycles. The zero-order valence-electron chi connectivity index (χ0n) is 16.4. The second-order valence-corrected chi connectivity index (χ2v) is 9.06. The maximum atomic E-state index is 13.0. The van der Waals surface area contributed by atoms with E-state index in [0.29, 0.717) is 12.0 Å². The molecule has 9 heteroatoms. The number of carbonyl (C=O) groups excluding carboxylic acids is 2. The van der Waals surface area contributed by atoms with Crippen LogP contribution in [-0.4, -0.2) is 57.5 Å². The highest BCUT2D eigenvalue weighted by molar-refractivity contribution is 5.99. The summed E-state index contributed by atoms with van der Waals surface area (Å²) in [6.45, 7) is 4.55. The van der Waals surface area contributed by atoms with E-state index in [1.165, 1.54) is 13.0 Å². The van der Waals surface area contributed by atoms with Crippen molar-refractivity contribution in [2.24, 2.45) is 34.5 Å². The van der Waals surface area contributed by atoms with Crippen LogP contribution in [0.25, 0.3) is 0 Å². The number of cyclic esters (lactones) is 1. The van der Waals surface area contributed by atoms with Gasteiger partial charge in [-0.2, -0.15) is 0 Å². The first-order valence-electron chi connectivity index (χ1n) is 9.65. The van der Waals surface area contributed by atoms with E-state index in [2.05, 4.69) is 0 Å². The molecule has 3 heterocycles. The van der Waals surface area contributed by atoms with Gasteiger partial charge in [-0.05, 0) is 31.3 Å². The molecule has 0 aromatic heterocycles. The number of hydrogen-bond acceptors (Lipinski definition) is 7. The number of ether oxygens (including phenoxy) is 2. The van der Waals surface area contributed by atoms with Crippen LogP contribution in [0, 0.1) is 34.5 Å². The molecule has 1 saturated carbocycles. The average Bonchev–Trinajstić information content (AvgIpc) is 2.99. The Bertz CT molecular complexity index is 862. The van der Waals surface area contributed by atoms with Crippen LogP contribution in [0.15, 0.2) is 11.6 Å². The molecular weight excluding hydrogens is 384 g/mol. The molecule has 3 aliphatic heterocycles. The van der Waals surface area contributed by atoms with Crippen molar-refractivity contribution in [2.75, 3.05) is 6.61 Å². The second kappa shape index (κ2) is 5.89. The average molecular weight is 408 g/mol. The smallest absolute Gasteiger partial charge is 0.310 e. The molecule has 8 atom stereocenters. The molecule has 3 N–H and O–H groups in total. The van der Waals surface area contributed by atoms with Gasteiger partial charge in [0.2, 0.25) is 11.6 Å². The molecule has 0 amide bonds. The third-order valence-corrected chi connectivity index (χ3v) is 7.97. The summed E-state index contributed by atoms with van der Waals surface area (Å²) in [5.41, 5.74) is -1.94. The van der Waals surface area contributed by atoms with Gasteiger partial charge in [0.1, 0.15) is 6.61 Å². The lowest BCUT2D eigenvalue weighted by Crippen LogP contribution is -2.78. The molecule has 5 rings (SSSR count). The predicted octanol–water partition coefficient (Wildman–Crippen LogP) is 0.600. The van der Waals surface area contributed by atoms with Gasteiger partial charge in [-0.15, -0.1) is 0 Å². The van der Waals surface area contributed by atoms with E-state index in [1.54, 1.807) is 13.8 Å². The number of esters is 1. The Balaban J connectivity index is 1.94. The van der Waals surface area contributed by atoms with Gasteiger partial charge in [-0.1, -0.05) is 19.4 Å². The molecule has 0 spiro atoms. The summed E-state index contributed by atoms with van der Waals surface area (Å²) in [5.74, 6) is -9.44. The minimum Gasteiger partial charge on any atom is -0.481 e. The van der Waals surface area contributed by atoms with Gasteiger partial charge in [-0.3, -0.25) is 19.2 Å². The quantitative estimate of drug-likeness (QED) is 0.556. The lowest BCUT2D eigenvalue weighted by molar-refractivity contribution is -0.385. The van der Waals surface area contributed by atoms with Crippen LogP contribution in [-0.2, 0) is 28.7 Å². The topological polar surface area (TPSA) is 147 Å². The van der Waals surface area contributed by atoms with Gasteiger partial charge in [0, 0.05) is 11.8 Å². The Kier molecular flexibility index (Phi) is 4.06. The highest BCUT2D eigenvalue weighted by Gasteiger charge is 2.82. The maximum Gasteiger partial charge on any atom is 0.310 e. The van der Waals surface area contributed by atoms with Crippen LogP contribution >= 0.6 is 0 Å². The number of carboxylic acid groups (broad SMARTS) is 2. The van der Waals surface area contributed by atoms with E-state index in [0.717, 1.165) is 0 Å². The largest absolute Gasteiger partial charge is 0.481 e. The van der Waals surface area contributed by atoms with Gasteiger partial charge in [-0.25, -0.2) is 0 Å². The Morgan fingerprint density at radius 3 is 2.55 bits per heavy atom. The van der Waals surface area contributed by atoms with Crippen molar-refractivity contribution in [3.63, 3.8) is 0 Å². The molecule has 158 valence electrons. The molecule has 0 aromatic rings. The summed E-state index contributed by atoms with van der Waals surface area (Å²) in [7, 11) is 0. The number of allylic oxidation sites excluding steroid dienone is 1. The normalized spacial score (nSPS) is 44.6. The van der Waals surface area contributed by atoms with Gasteiger partial charge in [0.25, 0.3) is 0 Å². The third kappa shape index (κ3) is 2.17. The molecule has 3 saturated heterocycles. The summed E-state index contributed by atoms with van der Waals surface area (Å²) < 4.78 is 11.3. The summed E-state index contributed by atoms with van der Waals surface area (Å²) >= 11 is 0. The number of aliphatic hydroxyl groups is 1. The summed E-state index contributed by atoms with van der Waals surface area (Å²) in [6.07, 6.45) is 0.270. The molecule has 4 bridgehead atoms. The number of carboxylic acids is 2. The standard InChI is InChI=1S/C20H24O9/c1-8-4-12(21)20(27)18(3)10(8)5-13(29-20)19(7-28-17(26)15(18)19)11(6-14(22)23)9(2)16(24)25/h4,9-11,13,15,27H,5-7H2,1-3H3,(H,22,23)(H,24,25)/t9-,10-,11+,13-,15-,18?,19-,20+/m1/s1. The maximum absolute atomic E-state index is 13.0. The van der Waals surface area contributed by atoms with Gasteiger partial charge >= 0.3 is 17.9 Å². The molecule has 29 heavy (non-hydrogen) atoms. The Morgan fingerprint density at radius 1 is 1.31 bits per heavy atom. The first-order valence-corrected chi connectivity index (χ1v) is 9.65. The Morgan fingerprint density at radius 2 is 1.97 bits per heavy atom. The van der Waals surface area contributed by atoms with E-state index in [-0.39, 0.29) is 12.5 Å². The zero-order chi connectivity index (χ0) is 21.5. The van der Waals surface area contributed by atoms with E-state index in [1.807, 2.05) is 0 Å². The highest BCUT2D eigenvalue weighted by Crippen LogP contribution is 2.72. The van der Waals surface area contributed by atoms with Crippen molar-refractivity contribution in [3.05, 3.63) is 11.6 Å². The third-order valence-electron chi connectivity index (χ3n) is 7.97. The molecular formula is C20H24O9. The molecule has 4 fully saturated rings. The monoisotopic (exact) mass is 408 g/mol. The van der Waals surface area contributed by atoms with Crippen LogP contribution in [0.3, 0.4) is 0 Å². The fourth-order valence-electron chi connectivity index (χ4n) is 6.61. The number of aliphatic carboxylic acids is 2. The van der Waals surface area contributed by atoms with Crippen molar-refractivity contribution in [3.8, 4) is 0 Å². The van der Waals surface area contributed by atoms with Gasteiger partial charge in [0.05, 0.1) is 23.4 Å². The fourth-order valence-corrected chi connectivity index (χ4v) is 6.61. The Labute approximate surface area is 166 Å². The van der Waals surface area contributed by atoms with Crippen LogP contribution in [0.5, 0.6) is 0 Å². The van der Waals surface area contributed by atoms with Crippen LogP contribution < -0.4 is 0 Å². The van der Waals surface area contributed by atoms with Crippen LogP contribution in [0.1, 0.15) is 33.6 Å². The molecule has 1 unspecified atom stereocenters. The number of rotatable bonds is 5. The first kappa shape index (κ1) is 20.0. The highest BCUT2D eigenvalue weighted by atomic mass is 16.6. The first-order chi connectivity index (χ1) is 13.4. The minimum atomic E-state index is -2.24. The van der Waals surface area contributed by atoms with Crippen molar-refractivity contribution < 1.29 is 44.0 Å². The summed E-state index contributed by atoms with van der Waals surface area (Å²) in [5, 5.41) is 30.4. The lowest BCUT2D eigenvalue weighted by atomic mass is 9.40. The number of carbonyl (C=O) groups is 4. The lowest BCUT2D eigenvalue weighted by Gasteiger charge is -2.68. The number of hydrogen-bond donors (Lipinski definition) is 3. The van der Waals surface area contributed by atoms with Crippen molar-refractivity contribution in [2.45, 2.75) is 45.5 Å². The van der Waals surface area contributed by atoms with Crippen LogP contribution in [0.2, 0.25) is 0 Å². The molecule has 5 aliphatic rings. The molecule has 2 aliphatic carbocycles. The second-order valence-electron chi connectivity index (χ2n) is 9.06. The van der Waals surface area contributed by atoms with Crippen molar-refractivity contribution in [1.82, 2.24) is 0 Å². The summed E-state index contributed by atoms with van der Waals surface area (Å²) in [6, 6.07) is 0. The molecule has 0 radical (unpaired) electrons. The summed E-state index contributed by atoms with van der Waals surface area (Å²) in [4.78, 5) is 49.1. The van der Waals surface area contributed by atoms with E-state index < -0.39 is 70.6 Å². The van der Waals surface area contributed by atoms with E-state index in [4.69, 9.17) is 9.47 Å². The number of ketones is 1. The van der Waals surface area contributed by atoms with Crippen LogP contribution in [0.4, 0.5) is 0 Å². The zero-order valence-corrected chi connectivity index (χ0v) is 16.4. The minimum absolute atomic E-state index is 0.202. The van der Waals surface area contributed by atoms with E-state index in [9.17, 15) is 34.5 Å². The van der Waals surface area contributed by atoms with Crippen molar-refractivity contribution >= 4 is 23.7 Å².